The summed E-state index contributed by atoms with van der Waals surface area (Å²) in [5.74, 6) is 0.967. The molecule has 0 saturated carbocycles. The zero-order valence-electron chi connectivity index (χ0n) is 17.3. The van der Waals surface area contributed by atoms with Crippen molar-refractivity contribution in [2.75, 3.05) is 33.4 Å². The number of halogens is 2. The van der Waals surface area contributed by atoms with Gasteiger partial charge in [0.25, 0.3) is 5.91 Å². The topological polar surface area (TPSA) is 91.8 Å². The second-order valence-electron chi connectivity index (χ2n) is 7.30. The molecule has 4 N–H and O–H groups in total. The maximum atomic E-state index is 11.9. The molecule has 7 nitrogen and oxygen atoms in total. The molecule has 0 spiro atoms. The molecule has 0 aliphatic rings. The number of aliphatic hydroxyl groups excluding tert-OH is 1. The van der Waals surface area contributed by atoms with Crippen LogP contribution < -0.4 is 25.4 Å². The van der Waals surface area contributed by atoms with Crippen molar-refractivity contribution in [3.63, 3.8) is 0 Å². The Labute approximate surface area is 180 Å². The highest BCUT2D eigenvalue weighted by Crippen LogP contribution is 2.28. The largest absolute Gasteiger partial charge is 0.493 e. The van der Waals surface area contributed by atoms with Crippen molar-refractivity contribution in [3.8, 4) is 11.5 Å². The van der Waals surface area contributed by atoms with Crippen LogP contribution in [-0.4, -0.2) is 56.0 Å². The van der Waals surface area contributed by atoms with Gasteiger partial charge in [-0.05, 0) is 45.4 Å². The minimum Gasteiger partial charge on any atom is -0.493 e. The van der Waals surface area contributed by atoms with Crippen LogP contribution in [0.15, 0.2) is 18.2 Å². The predicted octanol–water partition coefficient (Wildman–Crippen LogP) is 1.89. The van der Waals surface area contributed by atoms with E-state index in [1.165, 1.54) is 0 Å². The van der Waals surface area contributed by atoms with Gasteiger partial charge in [-0.25, -0.2) is 0 Å². The number of carbonyl (C=O) groups is 1. The molecular formula is C19H35Cl2N3O4. The molecule has 0 aliphatic carbocycles. The van der Waals surface area contributed by atoms with Gasteiger partial charge < -0.3 is 30.5 Å². The van der Waals surface area contributed by atoms with E-state index in [4.69, 9.17) is 9.47 Å². The average molecular weight is 440 g/mol. The third-order valence-electron chi connectivity index (χ3n) is 3.35. The maximum Gasteiger partial charge on any atom is 0.258 e. The number of ether oxygens (including phenoxy) is 2. The van der Waals surface area contributed by atoms with E-state index in [0.717, 1.165) is 18.7 Å². The summed E-state index contributed by atoms with van der Waals surface area (Å²) in [6.07, 6.45) is -0.336. The zero-order chi connectivity index (χ0) is 19.6. The van der Waals surface area contributed by atoms with Gasteiger partial charge in [-0.1, -0.05) is 6.07 Å². The van der Waals surface area contributed by atoms with E-state index in [1.807, 2.05) is 39.0 Å². The molecule has 9 heteroatoms. The first-order valence-corrected chi connectivity index (χ1v) is 8.91. The summed E-state index contributed by atoms with van der Waals surface area (Å²) in [4.78, 5) is 11.9. The summed E-state index contributed by atoms with van der Waals surface area (Å²) in [5, 5.41) is 18.5. The lowest BCUT2D eigenvalue weighted by Gasteiger charge is -2.20. The third-order valence-corrected chi connectivity index (χ3v) is 3.35. The van der Waals surface area contributed by atoms with Crippen molar-refractivity contribution in [1.82, 2.24) is 16.0 Å². The highest BCUT2D eigenvalue weighted by Gasteiger charge is 2.15. The van der Waals surface area contributed by atoms with E-state index in [-0.39, 0.29) is 49.0 Å². The van der Waals surface area contributed by atoms with Gasteiger partial charge in [0.15, 0.2) is 18.1 Å². The van der Waals surface area contributed by atoms with Crippen LogP contribution in [0.5, 0.6) is 11.5 Å². The fourth-order valence-corrected chi connectivity index (χ4v) is 2.26. The zero-order valence-corrected chi connectivity index (χ0v) is 19.0. The second-order valence-corrected chi connectivity index (χ2v) is 7.30. The lowest BCUT2D eigenvalue weighted by molar-refractivity contribution is -0.124. The molecule has 1 aromatic carbocycles. The SMILES string of the molecule is COc1cc(CNCCNCC(C)O)ccc1OCC(=O)NC(C)(C)C.Cl.Cl. The van der Waals surface area contributed by atoms with Gasteiger partial charge in [0.1, 0.15) is 0 Å². The van der Waals surface area contributed by atoms with Gasteiger partial charge in [-0.3, -0.25) is 4.79 Å². The lowest BCUT2D eigenvalue weighted by atomic mass is 10.1. The number of amides is 1. The molecule has 0 heterocycles. The Balaban J connectivity index is 0. The summed E-state index contributed by atoms with van der Waals surface area (Å²) in [6.45, 7) is 10.3. The third kappa shape index (κ3) is 13.0. The van der Waals surface area contributed by atoms with E-state index in [9.17, 15) is 9.90 Å². The molecule has 0 bridgehead atoms. The van der Waals surface area contributed by atoms with Crippen LogP contribution in [-0.2, 0) is 11.3 Å². The van der Waals surface area contributed by atoms with Crippen molar-refractivity contribution in [2.45, 2.75) is 45.9 Å². The van der Waals surface area contributed by atoms with Crippen LogP contribution in [0.25, 0.3) is 0 Å². The summed E-state index contributed by atoms with van der Waals surface area (Å²) in [6, 6.07) is 5.65. The number of nitrogens with one attached hydrogen (secondary N) is 3. The van der Waals surface area contributed by atoms with Crippen molar-refractivity contribution in [1.29, 1.82) is 0 Å². The van der Waals surface area contributed by atoms with Crippen molar-refractivity contribution >= 4 is 30.7 Å². The van der Waals surface area contributed by atoms with Gasteiger partial charge in [0.2, 0.25) is 0 Å². The molecule has 1 rings (SSSR count). The standard InChI is InChI=1S/C19H33N3O4.2ClH/c1-14(23)11-20-8-9-21-12-15-6-7-16(17(10-15)25-5)26-13-18(24)22-19(2,3)4;;/h6-7,10,14,20-21,23H,8-9,11-13H2,1-5H3,(H,22,24);2*1H. The highest BCUT2D eigenvalue weighted by molar-refractivity contribution is 5.85. The first-order chi connectivity index (χ1) is 12.2. The van der Waals surface area contributed by atoms with E-state index >= 15 is 0 Å². The Bertz CT molecular complexity index is 567. The molecule has 1 aromatic rings. The number of hydrogen-bond donors (Lipinski definition) is 4. The van der Waals surface area contributed by atoms with Gasteiger partial charge in [0, 0.05) is 31.7 Å². The number of methoxy groups -OCH3 is 1. The van der Waals surface area contributed by atoms with Crippen molar-refractivity contribution in [3.05, 3.63) is 23.8 Å². The van der Waals surface area contributed by atoms with E-state index < -0.39 is 0 Å². The summed E-state index contributed by atoms with van der Waals surface area (Å²) in [7, 11) is 1.58. The predicted molar refractivity (Wildman–Crippen MR) is 117 cm³/mol. The smallest absolute Gasteiger partial charge is 0.258 e. The molecule has 0 saturated heterocycles. The normalized spacial score (nSPS) is 11.6. The number of hydrogen-bond acceptors (Lipinski definition) is 6. The molecule has 0 radical (unpaired) electrons. The lowest BCUT2D eigenvalue weighted by Crippen LogP contribution is -2.43. The van der Waals surface area contributed by atoms with E-state index in [1.54, 1.807) is 14.0 Å². The summed E-state index contributed by atoms with van der Waals surface area (Å²) < 4.78 is 10.9. The van der Waals surface area contributed by atoms with Crippen LogP contribution in [0.3, 0.4) is 0 Å². The summed E-state index contributed by atoms with van der Waals surface area (Å²) >= 11 is 0. The fourth-order valence-electron chi connectivity index (χ4n) is 2.26. The van der Waals surface area contributed by atoms with Crippen molar-refractivity contribution in [2.24, 2.45) is 0 Å². The highest BCUT2D eigenvalue weighted by atomic mass is 35.5. The Morgan fingerprint density at radius 1 is 1.14 bits per heavy atom. The van der Waals surface area contributed by atoms with Crippen molar-refractivity contribution < 1.29 is 19.4 Å². The minimum atomic E-state index is -0.336. The molecule has 0 aliphatic heterocycles. The first kappa shape index (κ1) is 29.0. The van der Waals surface area contributed by atoms with Crippen LogP contribution in [0.1, 0.15) is 33.3 Å². The summed E-state index contributed by atoms with van der Waals surface area (Å²) in [5.41, 5.74) is 0.772. The molecule has 0 fully saturated rings. The van der Waals surface area contributed by atoms with Crippen LogP contribution in [0.2, 0.25) is 0 Å². The monoisotopic (exact) mass is 439 g/mol. The van der Waals surface area contributed by atoms with Gasteiger partial charge in [-0.15, -0.1) is 24.8 Å². The number of benzene rings is 1. The van der Waals surface area contributed by atoms with E-state index in [2.05, 4.69) is 16.0 Å². The van der Waals surface area contributed by atoms with Gasteiger partial charge in [0.05, 0.1) is 13.2 Å². The van der Waals surface area contributed by atoms with Crippen LogP contribution >= 0.6 is 24.8 Å². The number of rotatable bonds is 11. The molecule has 0 aromatic heterocycles. The minimum absolute atomic E-state index is 0. The molecule has 164 valence electrons. The number of carbonyl (C=O) groups excluding carboxylic acids is 1. The van der Waals surface area contributed by atoms with E-state index in [0.29, 0.717) is 24.6 Å². The molecule has 1 unspecified atom stereocenters. The Hall–Kier alpha value is -1.25. The molecule has 28 heavy (non-hydrogen) atoms. The van der Waals surface area contributed by atoms with Crippen LogP contribution in [0, 0.1) is 0 Å². The first-order valence-electron chi connectivity index (χ1n) is 8.91. The quantitative estimate of drug-likeness (QED) is 0.393. The second kappa shape index (κ2) is 14.7. The Morgan fingerprint density at radius 3 is 2.36 bits per heavy atom. The Kier molecular flexibility index (Phi) is 15.2. The maximum absolute atomic E-state index is 11.9. The molecular weight excluding hydrogens is 405 g/mol. The van der Waals surface area contributed by atoms with Gasteiger partial charge >= 0.3 is 0 Å². The number of aliphatic hydroxyl groups is 1. The van der Waals surface area contributed by atoms with Gasteiger partial charge in [-0.2, -0.15) is 0 Å². The fraction of sp³-hybridized carbons (Fsp3) is 0.632. The molecule has 1 atom stereocenters. The van der Waals surface area contributed by atoms with Crippen LogP contribution in [0.4, 0.5) is 0 Å². The Morgan fingerprint density at radius 2 is 1.79 bits per heavy atom. The average Bonchev–Trinajstić information content (AvgIpc) is 2.54. The molecule has 1 amide bonds.